The number of piperazine rings is 1. The molecule has 7 heteroatoms. The summed E-state index contributed by atoms with van der Waals surface area (Å²) < 4.78 is 2.04. The van der Waals surface area contributed by atoms with Crippen molar-refractivity contribution in [3.8, 4) is 0 Å². The zero-order valence-corrected chi connectivity index (χ0v) is 17.2. The molecule has 30 heavy (non-hydrogen) atoms. The number of fused-ring (bicyclic) bond motifs is 2. The van der Waals surface area contributed by atoms with E-state index in [1.54, 1.807) is 0 Å². The van der Waals surface area contributed by atoms with E-state index in [9.17, 15) is 4.79 Å². The first kappa shape index (κ1) is 18.7. The first-order valence-electron chi connectivity index (χ1n) is 10.3. The quantitative estimate of drug-likeness (QED) is 0.529. The highest BCUT2D eigenvalue weighted by Crippen LogP contribution is 2.17. The average Bonchev–Trinajstić information content (AvgIpc) is 3.16. The van der Waals surface area contributed by atoms with Crippen LogP contribution in [-0.2, 0) is 6.54 Å². The molecule has 0 spiro atoms. The molecule has 0 atom stereocenters. The van der Waals surface area contributed by atoms with E-state index >= 15 is 0 Å². The Labute approximate surface area is 175 Å². The molecule has 0 bridgehead atoms. The third kappa shape index (κ3) is 3.52. The van der Waals surface area contributed by atoms with Crippen LogP contribution in [0.25, 0.3) is 16.7 Å². The molecule has 1 aliphatic heterocycles. The first-order valence-corrected chi connectivity index (χ1v) is 10.3. The highest BCUT2D eigenvalue weighted by molar-refractivity contribution is 5.97. The van der Waals surface area contributed by atoms with Crippen LogP contribution in [0.5, 0.6) is 0 Å². The van der Waals surface area contributed by atoms with Crippen molar-refractivity contribution >= 4 is 22.6 Å². The van der Waals surface area contributed by atoms with E-state index in [2.05, 4.69) is 26.0 Å². The highest BCUT2D eigenvalue weighted by Gasteiger charge is 2.23. The average molecular weight is 400 g/mol. The lowest BCUT2D eigenvalue weighted by molar-refractivity contribution is 0.0627. The standard InChI is InChI=1S/C23H24N6O/c1-16-17(2)25-21-13-18(6-7-20(21)24-16)23(30)28-11-9-27(10-12-28)14-19-15-29-8-4-3-5-22(29)26-19/h3-8,13,15H,9-12,14H2,1-2H3. The second-order valence-electron chi connectivity index (χ2n) is 7.86. The second-order valence-corrected chi connectivity index (χ2v) is 7.86. The molecule has 5 rings (SSSR count). The first-order chi connectivity index (χ1) is 14.6. The van der Waals surface area contributed by atoms with Gasteiger partial charge in [-0.05, 0) is 44.2 Å². The topological polar surface area (TPSA) is 66.6 Å². The second kappa shape index (κ2) is 7.50. The summed E-state index contributed by atoms with van der Waals surface area (Å²) in [6.07, 6.45) is 4.09. The van der Waals surface area contributed by atoms with Crippen molar-refractivity contribution in [2.24, 2.45) is 0 Å². The lowest BCUT2D eigenvalue weighted by Crippen LogP contribution is -2.48. The number of nitrogens with zero attached hydrogens (tertiary/aromatic N) is 6. The van der Waals surface area contributed by atoms with Crippen LogP contribution >= 0.6 is 0 Å². The van der Waals surface area contributed by atoms with Crippen molar-refractivity contribution in [3.05, 3.63) is 71.4 Å². The molecule has 4 heterocycles. The summed E-state index contributed by atoms with van der Waals surface area (Å²) in [5.41, 5.74) is 6.11. The van der Waals surface area contributed by atoms with Gasteiger partial charge in [0.15, 0.2) is 0 Å². The van der Waals surface area contributed by atoms with Crippen LogP contribution < -0.4 is 0 Å². The van der Waals surface area contributed by atoms with Crippen LogP contribution in [0.4, 0.5) is 0 Å². The Balaban J connectivity index is 1.25. The monoisotopic (exact) mass is 400 g/mol. The maximum Gasteiger partial charge on any atom is 0.254 e. The molecular formula is C23H24N6O. The van der Waals surface area contributed by atoms with Crippen molar-refractivity contribution in [2.45, 2.75) is 20.4 Å². The Morgan fingerprint density at radius 3 is 2.47 bits per heavy atom. The van der Waals surface area contributed by atoms with Crippen molar-refractivity contribution in [1.82, 2.24) is 29.2 Å². The van der Waals surface area contributed by atoms with Crippen LogP contribution in [0.15, 0.2) is 48.8 Å². The number of pyridine rings is 1. The summed E-state index contributed by atoms with van der Waals surface area (Å²) in [6, 6.07) is 11.6. The molecule has 7 nitrogen and oxygen atoms in total. The third-order valence-electron chi connectivity index (χ3n) is 5.78. The maximum atomic E-state index is 13.0. The van der Waals surface area contributed by atoms with Gasteiger partial charge in [-0.1, -0.05) is 6.07 Å². The fourth-order valence-corrected chi connectivity index (χ4v) is 3.95. The van der Waals surface area contributed by atoms with Gasteiger partial charge >= 0.3 is 0 Å². The number of imidazole rings is 1. The Kier molecular flexibility index (Phi) is 4.67. The van der Waals surface area contributed by atoms with E-state index in [4.69, 9.17) is 0 Å². The minimum Gasteiger partial charge on any atom is -0.336 e. The molecule has 1 amide bonds. The van der Waals surface area contributed by atoms with Gasteiger partial charge in [0, 0.05) is 50.7 Å². The largest absolute Gasteiger partial charge is 0.336 e. The summed E-state index contributed by atoms with van der Waals surface area (Å²) in [5.74, 6) is 0.0595. The Morgan fingerprint density at radius 1 is 0.933 bits per heavy atom. The predicted octanol–water partition coefficient (Wildman–Crippen LogP) is 2.85. The number of amides is 1. The van der Waals surface area contributed by atoms with E-state index in [0.717, 1.165) is 53.4 Å². The van der Waals surface area contributed by atoms with E-state index in [1.807, 2.05) is 65.7 Å². The molecule has 0 N–H and O–H groups in total. The molecular weight excluding hydrogens is 376 g/mol. The number of carbonyl (C=O) groups excluding carboxylic acids is 1. The van der Waals surface area contributed by atoms with Gasteiger partial charge in [-0.2, -0.15) is 0 Å². The number of benzene rings is 1. The van der Waals surface area contributed by atoms with Crippen molar-refractivity contribution < 1.29 is 4.79 Å². The van der Waals surface area contributed by atoms with Gasteiger partial charge in [0.2, 0.25) is 0 Å². The number of aryl methyl sites for hydroxylation is 2. The van der Waals surface area contributed by atoms with Gasteiger partial charge in [-0.15, -0.1) is 0 Å². The number of hydrogen-bond acceptors (Lipinski definition) is 5. The summed E-state index contributed by atoms with van der Waals surface area (Å²) in [5, 5.41) is 0. The number of carbonyl (C=O) groups is 1. The third-order valence-corrected chi connectivity index (χ3v) is 5.78. The van der Waals surface area contributed by atoms with Gasteiger partial charge in [-0.25, -0.2) is 15.0 Å². The molecule has 0 aliphatic carbocycles. The smallest absolute Gasteiger partial charge is 0.254 e. The predicted molar refractivity (Wildman–Crippen MR) is 115 cm³/mol. The minimum atomic E-state index is 0.0595. The van der Waals surface area contributed by atoms with Gasteiger partial charge in [-0.3, -0.25) is 9.69 Å². The molecule has 1 saturated heterocycles. The molecule has 3 aromatic heterocycles. The van der Waals surface area contributed by atoms with Crippen LogP contribution in [0.2, 0.25) is 0 Å². The molecule has 152 valence electrons. The lowest BCUT2D eigenvalue weighted by atomic mass is 10.1. The van der Waals surface area contributed by atoms with Crippen molar-refractivity contribution in [2.75, 3.05) is 26.2 Å². The Bertz CT molecular complexity index is 1210. The fraction of sp³-hybridized carbons (Fsp3) is 0.304. The minimum absolute atomic E-state index is 0.0595. The van der Waals surface area contributed by atoms with Crippen molar-refractivity contribution in [1.29, 1.82) is 0 Å². The van der Waals surface area contributed by atoms with E-state index in [0.29, 0.717) is 18.7 Å². The van der Waals surface area contributed by atoms with Crippen LogP contribution in [-0.4, -0.2) is 61.2 Å². The normalized spacial score (nSPS) is 15.2. The molecule has 1 aliphatic rings. The molecule has 1 aromatic carbocycles. The van der Waals surface area contributed by atoms with E-state index < -0.39 is 0 Å². The van der Waals surface area contributed by atoms with E-state index in [1.165, 1.54) is 0 Å². The van der Waals surface area contributed by atoms with Gasteiger partial charge in [0.1, 0.15) is 5.65 Å². The number of rotatable bonds is 3. The van der Waals surface area contributed by atoms with Gasteiger partial charge in [0.25, 0.3) is 5.91 Å². The van der Waals surface area contributed by atoms with Gasteiger partial charge < -0.3 is 9.30 Å². The summed E-state index contributed by atoms with van der Waals surface area (Å²) >= 11 is 0. The summed E-state index contributed by atoms with van der Waals surface area (Å²) in [4.78, 5) is 31.1. The maximum absolute atomic E-state index is 13.0. The Morgan fingerprint density at radius 2 is 1.70 bits per heavy atom. The SMILES string of the molecule is Cc1nc2ccc(C(=O)N3CCN(Cc4cn5ccccc5n4)CC3)cc2nc1C. The summed E-state index contributed by atoms with van der Waals surface area (Å²) in [7, 11) is 0. The van der Waals surface area contributed by atoms with Crippen LogP contribution in [0, 0.1) is 13.8 Å². The molecule has 4 aromatic rings. The van der Waals surface area contributed by atoms with Crippen LogP contribution in [0.3, 0.4) is 0 Å². The fourth-order valence-electron chi connectivity index (χ4n) is 3.95. The lowest BCUT2D eigenvalue weighted by Gasteiger charge is -2.34. The van der Waals surface area contributed by atoms with Gasteiger partial charge in [0.05, 0.1) is 28.1 Å². The van der Waals surface area contributed by atoms with Crippen molar-refractivity contribution in [3.63, 3.8) is 0 Å². The molecule has 0 saturated carbocycles. The molecule has 1 fully saturated rings. The van der Waals surface area contributed by atoms with Crippen LogP contribution in [0.1, 0.15) is 27.4 Å². The zero-order chi connectivity index (χ0) is 20.7. The number of hydrogen-bond donors (Lipinski definition) is 0. The zero-order valence-electron chi connectivity index (χ0n) is 17.2. The molecule has 0 unspecified atom stereocenters. The van der Waals surface area contributed by atoms with E-state index in [-0.39, 0.29) is 5.91 Å². The highest BCUT2D eigenvalue weighted by atomic mass is 16.2. The summed E-state index contributed by atoms with van der Waals surface area (Å²) in [6.45, 7) is 7.79. The Hall–Kier alpha value is -3.32. The molecule has 0 radical (unpaired) electrons. The number of aromatic nitrogens is 4.